The fourth-order valence-corrected chi connectivity index (χ4v) is 14.0. The van der Waals surface area contributed by atoms with Gasteiger partial charge in [-0.05, 0) is 163 Å². The molecule has 0 fully saturated rings. The monoisotopic (exact) mass is 1060 g/mol. The van der Waals surface area contributed by atoms with Crippen molar-refractivity contribution in [2.75, 3.05) is 19.6 Å². The van der Waals surface area contributed by atoms with Crippen LogP contribution in [0.15, 0.2) is 221 Å². The van der Waals surface area contributed by atoms with E-state index in [2.05, 4.69) is 294 Å². The zero-order valence-electron chi connectivity index (χ0n) is 48.0. The van der Waals surface area contributed by atoms with Crippen LogP contribution in [0.2, 0.25) is 0 Å². The van der Waals surface area contributed by atoms with Crippen molar-refractivity contribution in [3.8, 4) is 0 Å². The van der Waals surface area contributed by atoms with Crippen LogP contribution in [0.5, 0.6) is 0 Å². The van der Waals surface area contributed by atoms with E-state index in [0.29, 0.717) is 0 Å². The molecule has 396 valence electrons. The first-order valence-corrected chi connectivity index (χ1v) is 29.1. The zero-order chi connectivity index (χ0) is 55.7. The van der Waals surface area contributed by atoms with Crippen LogP contribution < -0.4 is 52.6 Å². The summed E-state index contributed by atoms with van der Waals surface area (Å²) in [7, 11) is 0. The number of hydrogen-bond acceptors (Lipinski definition) is 6. The van der Waals surface area contributed by atoms with Gasteiger partial charge in [-0.25, -0.2) is 0 Å². The van der Waals surface area contributed by atoms with Gasteiger partial charge in [0.2, 0.25) is 0 Å². The van der Waals surface area contributed by atoms with E-state index in [9.17, 15) is 0 Å². The normalized spacial score (nSPS) is 14.3. The largest absolute Gasteiger partial charge is 0.468 e. The third kappa shape index (κ3) is 7.03. The second-order valence-electron chi connectivity index (χ2n) is 26.1. The van der Waals surface area contributed by atoms with Crippen LogP contribution in [-0.4, -0.2) is 13.4 Å². The number of rotatable bonds is 4. The van der Waals surface area contributed by atoms with E-state index in [1.165, 1.54) is 61.1 Å². The minimum absolute atomic E-state index is 0.0315. The summed E-state index contributed by atoms with van der Waals surface area (Å²) in [5.41, 5.74) is 26.8. The molecule has 0 bridgehead atoms. The van der Waals surface area contributed by atoms with Crippen molar-refractivity contribution < 1.29 is 8.83 Å². The number of furan rings is 2. The first kappa shape index (κ1) is 48.7. The molecule has 6 nitrogen and oxygen atoms in total. The van der Waals surface area contributed by atoms with Crippen LogP contribution in [0, 0.1) is 0 Å². The summed E-state index contributed by atoms with van der Waals surface area (Å²) in [5, 5.41) is 3.32. The summed E-state index contributed by atoms with van der Waals surface area (Å²) < 4.78 is 14.3. The molecular formula is C74H62B2N4O2. The third-order valence-corrected chi connectivity index (χ3v) is 18.0. The number of hydrogen-bond donors (Lipinski definition) is 0. The number of anilines is 12. The van der Waals surface area contributed by atoms with Crippen LogP contribution in [-0.2, 0) is 16.2 Å². The standard InChI is InChI=1S/C74H62B2N4O2/c1-72(2,3)45-33-35-51(36-34-45)78-57-44-58-56(43-55(57)75-54-37-38-65-66(52-29-19-21-31-63(52)81-65)70(54)80(50-27-17-12-18-28-50)61-41-46(73(4,5)6)39-59(78)67(61)75)76-68-60(77(58)48-23-13-10-14-24-48)40-47(74(7,8)9)42-62(68)79(49-25-15-11-16-26-49)69-53-30-20-22-32-64(53)82-71(69)76/h10-44H,1-9H3. The van der Waals surface area contributed by atoms with E-state index in [-0.39, 0.29) is 29.7 Å². The van der Waals surface area contributed by atoms with E-state index < -0.39 is 0 Å². The lowest BCUT2D eigenvalue weighted by Gasteiger charge is -2.47. The van der Waals surface area contributed by atoms with Crippen LogP contribution in [0.25, 0.3) is 32.9 Å². The Morgan fingerprint density at radius 2 is 0.732 bits per heavy atom. The van der Waals surface area contributed by atoms with Crippen molar-refractivity contribution in [1.29, 1.82) is 0 Å². The van der Waals surface area contributed by atoms with Crippen LogP contribution in [0.4, 0.5) is 68.2 Å². The second-order valence-corrected chi connectivity index (χ2v) is 26.1. The Kier molecular flexibility index (Phi) is 10.2. The van der Waals surface area contributed by atoms with Gasteiger partial charge in [0.15, 0.2) is 0 Å². The molecular weight excluding hydrogens is 998 g/mol. The molecule has 10 aromatic carbocycles. The molecule has 0 saturated carbocycles. The maximum atomic E-state index is 7.46. The van der Waals surface area contributed by atoms with Crippen LogP contribution >= 0.6 is 0 Å². The molecule has 0 amide bonds. The predicted molar refractivity (Wildman–Crippen MR) is 348 cm³/mol. The van der Waals surface area contributed by atoms with Crippen molar-refractivity contribution in [3.63, 3.8) is 0 Å². The smallest absolute Gasteiger partial charge is 0.297 e. The highest BCUT2D eigenvalue weighted by molar-refractivity contribution is 7.03. The topological polar surface area (TPSA) is 39.2 Å². The summed E-state index contributed by atoms with van der Waals surface area (Å²) >= 11 is 0. The first-order chi connectivity index (χ1) is 39.6. The van der Waals surface area contributed by atoms with Crippen molar-refractivity contribution in [2.45, 2.75) is 78.6 Å². The van der Waals surface area contributed by atoms with Crippen molar-refractivity contribution >= 4 is 148 Å². The van der Waals surface area contributed by atoms with Gasteiger partial charge in [-0.1, -0.05) is 172 Å². The minimum Gasteiger partial charge on any atom is -0.468 e. The molecule has 6 heterocycles. The van der Waals surface area contributed by atoms with Crippen molar-refractivity contribution in [3.05, 3.63) is 229 Å². The molecule has 0 radical (unpaired) electrons. The molecule has 8 heteroatoms. The number of benzene rings is 10. The molecule has 12 aromatic rings. The van der Waals surface area contributed by atoms with Gasteiger partial charge in [0.05, 0.1) is 22.4 Å². The van der Waals surface area contributed by atoms with Crippen LogP contribution in [0.3, 0.4) is 0 Å². The van der Waals surface area contributed by atoms with Gasteiger partial charge in [0, 0.05) is 67.6 Å². The molecule has 0 atom stereocenters. The Morgan fingerprint density at radius 3 is 1.27 bits per heavy atom. The van der Waals surface area contributed by atoms with E-state index in [1.54, 1.807) is 0 Å². The van der Waals surface area contributed by atoms with E-state index in [4.69, 9.17) is 8.83 Å². The van der Waals surface area contributed by atoms with E-state index in [1.807, 2.05) is 0 Å². The molecule has 0 aliphatic carbocycles. The van der Waals surface area contributed by atoms with Crippen molar-refractivity contribution in [1.82, 2.24) is 0 Å². The molecule has 4 aliphatic heterocycles. The Labute approximate surface area is 481 Å². The summed E-state index contributed by atoms with van der Waals surface area (Å²) in [4.78, 5) is 10.2. The molecule has 2 aromatic heterocycles. The predicted octanol–water partition coefficient (Wildman–Crippen LogP) is 16.4. The van der Waals surface area contributed by atoms with Gasteiger partial charge in [0.1, 0.15) is 16.7 Å². The molecule has 82 heavy (non-hydrogen) atoms. The fourth-order valence-electron chi connectivity index (χ4n) is 14.0. The lowest BCUT2D eigenvalue weighted by Crippen LogP contribution is -2.65. The van der Waals surface area contributed by atoms with Crippen molar-refractivity contribution in [2.24, 2.45) is 0 Å². The Bertz CT molecular complexity index is 4600. The number of fused-ring (bicyclic) bond motifs is 14. The Balaban J connectivity index is 1.08. The number of para-hydroxylation sites is 5. The summed E-state index contributed by atoms with van der Waals surface area (Å²) in [6.45, 7) is 20.5. The number of nitrogens with zero attached hydrogens (tertiary/aromatic N) is 4. The van der Waals surface area contributed by atoms with Crippen LogP contribution in [0.1, 0.15) is 79.0 Å². The highest BCUT2D eigenvalue weighted by Gasteiger charge is 2.51. The van der Waals surface area contributed by atoms with Gasteiger partial charge in [0.25, 0.3) is 13.4 Å². The highest BCUT2D eigenvalue weighted by Crippen LogP contribution is 2.53. The Morgan fingerprint density at radius 1 is 0.305 bits per heavy atom. The molecule has 4 aliphatic rings. The fraction of sp³-hybridized carbons (Fsp3) is 0.162. The average Bonchev–Trinajstić information content (AvgIpc) is 2.09. The van der Waals surface area contributed by atoms with Gasteiger partial charge in [-0.15, -0.1) is 0 Å². The molecule has 0 unspecified atom stereocenters. The van der Waals surface area contributed by atoms with Gasteiger partial charge in [-0.2, -0.15) is 0 Å². The lowest BCUT2D eigenvalue weighted by molar-refractivity contribution is 0.590. The molecule has 0 spiro atoms. The molecule has 0 saturated heterocycles. The molecule has 0 N–H and O–H groups in total. The van der Waals surface area contributed by atoms with Gasteiger partial charge < -0.3 is 28.4 Å². The van der Waals surface area contributed by atoms with E-state index >= 15 is 0 Å². The van der Waals surface area contributed by atoms with Gasteiger partial charge in [-0.3, -0.25) is 0 Å². The SMILES string of the molecule is CC(C)(C)c1ccc(N2c3cc4c(cc3B3c5ccc6oc7ccccc7c6c5N(c5ccccc5)c5cc(C(C)(C)C)cc2c53)B2c3oc5ccccc5c3N(c3ccccc3)c3cc(C(C)(C)C)cc(c32)N4c2ccccc2)cc1. The Hall–Kier alpha value is -9.13. The second kappa shape index (κ2) is 17.2. The van der Waals surface area contributed by atoms with E-state index in [0.717, 1.165) is 89.8 Å². The average molecular weight is 1060 g/mol. The quantitative estimate of drug-likeness (QED) is 0.164. The maximum absolute atomic E-state index is 7.46. The summed E-state index contributed by atoms with van der Waals surface area (Å²) in [6, 6.07) is 79.3. The third-order valence-electron chi connectivity index (χ3n) is 18.0. The highest BCUT2D eigenvalue weighted by atomic mass is 16.3. The zero-order valence-corrected chi connectivity index (χ0v) is 48.0. The molecule has 16 rings (SSSR count). The lowest BCUT2D eigenvalue weighted by atomic mass is 9.31. The minimum atomic E-state index is -0.269. The maximum Gasteiger partial charge on any atom is 0.297 e. The van der Waals surface area contributed by atoms with Gasteiger partial charge >= 0.3 is 0 Å². The first-order valence-electron chi connectivity index (χ1n) is 29.1. The summed E-state index contributed by atoms with van der Waals surface area (Å²) in [6.07, 6.45) is 0. The summed E-state index contributed by atoms with van der Waals surface area (Å²) in [5.74, 6) is 0.